The van der Waals surface area contributed by atoms with Gasteiger partial charge in [-0.15, -0.1) is 0 Å². The Morgan fingerprint density at radius 3 is 2.29 bits per heavy atom. The zero-order valence-electron chi connectivity index (χ0n) is 19.6. The van der Waals surface area contributed by atoms with Gasteiger partial charge in [0, 0.05) is 11.4 Å². The normalized spacial score (nSPS) is 15.8. The number of carbonyl (C=O) groups excluding carboxylic acids is 1. The SMILES string of the molecule is Cc1ccccc1S(=O)(=O)NN=C1CCC(c2ccc(NC(=O)OCc3ccccc3)cc2)CC1. The molecule has 0 atom stereocenters. The number of hydrogen-bond donors (Lipinski definition) is 2. The minimum absolute atomic E-state index is 0.220. The Balaban J connectivity index is 1.26. The van der Waals surface area contributed by atoms with Crippen LogP contribution in [0.3, 0.4) is 0 Å². The van der Waals surface area contributed by atoms with Crippen LogP contribution < -0.4 is 10.1 Å². The van der Waals surface area contributed by atoms with Crippen LogP contribution in [-0.2, 0) is 21.4 Å². The molecule has 7 nitrogen and oxygen atoms in total. The highest BCUT2D eigenvalue weighted by atomic mass is 32.2. The van der Waals surface area contributed by atoms with E-state index in [1.165, 1.54) is 5.56 Å². The van der Waals surface area contributed by atoms with E-state index in [1.54, 1.807) is 25.1 Å². The number of benzene rings is 3. The summed E-state index contributed by atoms with van der Waals surface area (Å²) in [4.78, 5) is 14.7. The molecule has 2 N–H and O–H groups in total. The number of nitrogens with zero attached hydrogens (tertiary/aromatic N) is 1. The van der Waals surface area contributed by atoms with Gasteiger partial charge in [-0.2, -0.15) is 13.5 Å². The van der Waals surface area contributed by atoms with Gasteiger partial charge >= 0.3 is 6.09 Å². The fraction of sp³-hybridized carbons (Fsp3) is 0.259. The number of sulfonamides is 1. The summed E-state index contributed by atoms with van der Waals surface area (Å²) in [5.41, 5.74) is 4.34. The summed E-state index contributed by atoms with van der Waals surface area (Å²) in [5.74, 6) is 0.362. The number of ether oxygens (including phenoxy) is 1. The first-order valence-corrected chi connectivity index (χ1v) is 13.1. The number of rotatable bonds is 7. The van der Waals surface area contributed by atoms with Crippen LogP contribution in [0.15, 0.2) is 88.9 Å². The van der Waals surface area contributed by atoms with Crippen molar-refractivity contribution in [3.63, 3.8) is 0 Å². The van der Waals surface area contributed by atoms with Crippen LogP contribution >= 0.6 is 0 Å². The van der Waals surface area contributed by atoms with E-state index in [4.69, 9.17) is 4.74 Å². The second kappa shape index (κ2) is 11.2. The quantitative estimate of drug-likeness (QED) is 0.412. The molecule has 0 unspecified atom stereocenters. The van der Waals surface area contributed by atoms with E-state index in [0.717, 1.165) is 37.0 Å². The minimum Gasteiger partial charge on any atom is -0.444 e. The van der Waals surface area contributed by atoms with Gasteiger partial charge in [0.25, 0.3) is 10.0 Å². The number of aryl methyl sites for hydroxylation is 1. The summed E-state index contributed by atoms with van der Waals surface area (Å²) < 4.78 is 30.4. The minimum atomic E-state index is -3.67. The van der Waals surface area contributed by atoms with Crippen molar-refractivity contribution in [1.29, 1.82) is 0 Å². The molecule has 3 aromatic rings. The Hall–Kier alpha value is -3.65. The van der Waals surface area contributed by atoms with Gasteiger partial charge in [0.1, 0.15) is 6.61 Å². The van der Waals surface area contributed by atoms with Gasteiger partial charge in [0.05, 0.1) is 4.90 Å². The van der Waals surface area contributed by atoms with Crippen LogP contribution in [-0.4, -0.2) is 20.2 Å². The van der Waals surface area contributed by atoms with Gasteiger partial charge in [-0.1, -0.05) is 60.7 Å². The highest BCUT2D eigenvalue weighted by Crippen LogP contribution is 2.32. The van der Waals surface area contributed by atoms with Crippen molar-refractivity contribution in [3.05, 3.63) is 95.6 Å². The van der Waals surface area contributed by atoms with Gasteiger partial charge in [-0.3, -0.25) is 5.32 Å². The number of nitrogens with one attached hydrogen (secondary N) is 2. The average Bonchev–Trinajstić information content (AvgIpc) is 2.88. The van der Waals surface area contributed by atoms with Crippen molar-refractivity contribution in [1.82, 2.24) is 4.83 Å². The highest BCUT2D eigenvalue weighted by molar-refractivity contribution is 7.89. The van der Waals surface area contributed by atoms with Crippen molar-refractivity contribution < 1.29 is 17.9 Å². The third kappa shape index (κ3) is 6.70. The van der Waals surface area contributed by atoms with E-state index >= 15 is 0 Å². The molecule has 8 heteroatoms. The monoisotopic (exact) mass is 491 g/mol. The maximum Gasteiger partial charge on any atom is 0.411 e. The molecule has 1 aliphatic rings. The van der Waals surface area contributed by atoms with Crippen LogP contribution in [0.2, 0.25) is 0 Å². The third-order valence-electron chi connectivity index (χ3n) is 6.11. The van der Waals surface area contributed by atoms with Crippen LogP contribution in [0.4, 0.5) is 10.5 Å². The van der Waals surface area contributed by atoms with E-state index in [1.807, 2.05) is 60.7 Å². The molecule has 0 heterocycles. The molecule has 4 rings (SSSR count). The Labute approximate surface area is 206 Å². The van der Waals surface area contributed by atoms with E-state index in [-0.39, 0.29) is 11.5 Å². The molecule has 0 bridgehead atoms. The first kappa shape index (κ1) is 24.5. The summed E-state index contributed by atoms with van der Waals surface area (Å²) in [6.07, 6.45) is 2.74. The van der Waals surface area contributed by atoms with Gasteiger partial charge < -0.3 is 4.74 Å². The first-order chi connectivity index (χ1) is 16.9. The molecule has 0 spiro atoms. The number of anilines is 1. The molecule has 0 radical (unpaired) electrons. The first-order valence-electron chi connectivity index (χ1n) is 11.6. The van der Waals surface area contributed by atoms with Crippen molar-refractivity contribution in [2.75, 3.05) is 5.32 Å². The summed E-state index contributed by atoms with van der Waals surface area (Å²) in [6, 6.07) is 24.2. The van der Waals surface area contributed by atoms with Gasteiger partial charge in [0.15, 0.2) is 0 Å². The lowest BCUT2D eigenvalue weighted by atomic mass is 9.83. The van der Waals surface area contributed by atoms with Crippen molar-refractivity contribution in [2.45, 2.75) is 50.0 Å². The number of hydrazone groups is 1. The van der Waals surface area contributed by atoms with Gasteiger partial charge in [-0.25, -0.2) is 9.63 Å². The molecule has 1 amide bonds. The molecule has 0 saturated heterocycles. The second-order valence-corrected chi connectivity index (χ2v) is 10.3. The van der Waals surface area contributed by atoms with E-state index in [2.05, 4.69) is 15.2 Å². The van der Waals surface area contributed by atoms with Crippen molar-refractivity contribution >= 4 is 27.5 Å². The van der Waals surface area contributed by atoms with Crippen LogP contribution in [0.1, 0.15) is 48.3 Å². The predicted octanol–water partition coefficient (Wildman–Crippen LogP) is 5.74. The van der Waals surface area contributed by atoms with E-state index in [9.17, 15) is 13.2 Å². The van der Waals surface area contributed by atoms with Crippen LogP contribution in [0.5, 0.6) is 0 Å². The standard InChI is InChI=1S/C27H29N3O4S/c1-20-7-5-6-10-26(20)35(32,33)30-29-25-17-13-23(14-18-25)22-11-15-24(16-12-22)28-27(31)34-19-21-8-3-2-4-9-21/h2-12,15-16,23,30H,13-14,17-19H2,1H3,(H,28,31). The van der Waals surface area contributed by atoms with Crippen LogP contribution in [0, 0.1) is 6.92 Å². The van der Waals surface area contributed by atoms with Crippen molar-refractivity contribution in [2.24, 2.45) is 5.10 Å². The third-order valence-corrected chi connectivity index (χ3v) is 7.48. The molecule has 3 aromatic carbocycles. The second-order valence-electron chi connectivity index (χ2n) is 8.62. The molecular formula is C27H29N3O4S. The van der Waals surface area contributed by atoms with E-state index in [0.29, 0.717) is 17.2 Å². The summed E-state index contributed by atoms with van der Waals surface area (Å²) in [7, 11) is -3.67. The fourth-order valence-corrected chi connectivity index (χ4v) is 5.24. The van der Waals surface area contributed by atoms with E-state index < -0.39 is 16.1 Å². The Kier molecular flexibility index (Phi) is 7.82. The van der Waals surface area contributed by atoms with Gasteiger partial charge in [-0.05, 0) is 73.4 Å². The number of amides is 1. The van der Waals surface area contributed by atoms with Gasteiger partial charge in [0.2, 0.25) is 0 Å². The van der Waals surface area contributed by atoms with Crippen molar-refractivity contribution in [3.8, 4) is 0 Å². The average molecular weight is 492 g/mol. The molecular weight excluding hydrogens is 462 g/mol. The summed E-state index contributed by atoms with van der Waals surface area (Å²) in [5, 5.41) is 6.96. The summed E-state index contributed by atoms with van der Waals surface area (Å²) in [6.45, 7) is 1.99. The molecule has 0 aromatic heterocycles. The molecule has 1 saturated carbocycles. The zero-order valence-corrected chi connectivity index (χ0v) is 20.4. The predicted molar refractivity (Wildman–Crippen MR) is 137 cm³/mol. The molecule has 182 valence electrons. The zero-order chi connectivity index (χ0) is 24.7. The maximum absolute atomic E-state index is 12.5. The molecule has 1 aliphatic carbocycles. The lowest BCUT2D eigenvalue weighted by Crippen LogP contribution is -2.23. The molecule has 35 heavy (non-hydrogen) atoms. The lowest BCUT2D eigenvalue weighted by molar-refractivity contribution is 0.155. The summed E-state index contributed by atoms with van der Waals surface area (Å²) >= 11 is 0. The molecule has 0 aliphatic heterocycles. The number of carbonyl (C=O) groups is 1. The molecule has 1 fully saturated rings. The smallest absolute Gasteiger partial charge is 0.411 e. The lowest BCUT2D eigenvalue weighted by Gasteiger charge is -2.23. The van der Waals surface area contributed by atoms with Crippen LogP contribution in [0.25, 0.3) is 0 Å². The Morgan fingerprint density at radius 1 is 0.943 bits per heavy atom. The largest absolute Gasteiger partial charge is 0.444 e. The maximum atomic E-state index is 12.5. The topological polar surface area (TPSA) is 96.9 Å². The number of hydrogen-bond acceptors (Lipinski definition) is 5. The Bertz CT molecular complexity index is 1280. The highest BCUT2D eigenvalue weighted by Gasteiger charge is 2.21. The fourth-order valence-electron chi connectivity index (χ4n) is 4.14. The Morgan fingerprint density at radius 2 is 1.60 bits per heavy atom.